The van der Waals surface area contributed by atoms with Gasteiger partial charge in [-0.05, 0) is 49.6 Å². The third-order valence-electron chi connectivity index (χ3n) is 3.93. The van der Waals surface area contributed by atoms with Gasteiger partial charge in [-0.1, -0.05) is 12.1 Å². The predicted octanol–water partition coefficient (Wildman–Crippen LogP) is 2.71. The summed E-state index contributed by atoms with van der Waals surface area (Å²) >= 11 is 0. The molecule has 1 aliphatic carbocycles. The standard InChI is InChI=1S/C18H17N3O2/c1-13-5-6-14(15(12-13)23-11-9-19)17(22)21-18(7-8-18)16-4-2-3-10-20-16/h2-6,10,12H,7-8,11H2,1H3,(H,21,22). The number of rotatable bonds is 5. The molecule has 1 N–H and O–H groups in total. The summed E-state index contributed by atoms with van der Waals surface area (Å²) in [6.45, 7) is 1.83. The Kier molecular flexibility index (Phi) is 3.98. The van der Waals surface area contributed by atoms with Crippen molar-refractivity contribution in [3.8, 4) is 11.8 Å². The van der Waals surface area contributed by atoms with E-state index < -0.39 is 0 Å². The van der Waals surface area contributed by atoms with E-state index in [1.54, 1.807) is 18.3 Å². The lowest BCUT2D eigenvalue weighted by Crippen LogP contribution is -2.35. The lowest BCUT2D eigenvalue weighted by molar-refractivity contribution is 0.0926. The summed E-state index contributed by atoms with van der Waals surface area (Å²) in [5.41, 5.74) is 1.91. The highest BCUT2D eigenvalue weighted by atomic mass is 16.5. The molecule has 23 heavy (non-hydrogen) atoms. The van der Waals surface area contributed by atoms with E-state index in [1.807, 2.05) is 37.3 Å². The van der Waals surface area contributed by atoms with Crippen LogP contribution < -0.4 is 10.1 Å². The van der Waals surface area contributed by atoms with Crippen molar-refractivity contribution in [2.24, 2.45) is 0 Å². The van der Waals surface area contributed by atoms with Gasteiger partial charge in [0.05, 0.1) is 16.8 Å². The molecule has 116 valence electrons. The Morgan fingerprint density at radius 2 is 2.22 bits per heavy atom. The summed E-state index contributed by atoms with van der Waals surface area (Å²) in [7, 11) is 0. The molecule has 1 amide bonds. The van der Waals surface area contributed by atoms with Gasteiger partial charge in [0.15, 0.2) is 6.61 Å². The van der Waals surface area contributed by atoms with Gasteiger partial charge < -0.3 is 10.1 Å². The summed E-state index contributed by atoms with van der Waals surface area (Å²) in [4.78, 5) is 17.0. The normalized spacial score (nSPS) is 14.6. The zero-order valence-electron chi connectivity index (χ0n) is 12.9. The fourth-order valence-corrected chi connectivity index (χ4v) is 2.55. The number of amides is 1. The maximum Gasteiger partial charge on any atom is 0.255 e. The molecule has 1 aliphatic rings. The second-order valence-electron chi connectivity index (χ2n) is 5.70. The van der Waals surface area contributed by atoms with Gasteiger partial charge in [-0.15, -0.1) is 0 Å². The fraction of sp³-hybridized carbons (Fsp3) is 0.278. The first kappa shape index (κ1) is 15.0. The summed E-state index contributed by atoms with van der Waals surface area (Å²) in [6, 6.07) is 13.0. The van der Waals surface area contributed by atoms with Crippen LogP contribution in [0.4, 0.5) is 0 Å². The van der Waals surface area contributed by atoms with E-state index in [2.05, 4.69) is 10.3 Å². The maximum absolute atomic E-state index is 12.7. The molecule has 2 aromatic rings. The molecule has 1 saturated carbocycles. The summed E-state index contributed by atoms with van der Waals surface area (Å²) in [5, 5.41) is 11.8. The molecule has 0 spiro atoms. The number of aromatic nitrogens is 1. The Morgan fingerprint density at radius 1 is 1.39 bits per heavy atom. The molecular formula is C18H17N3O2. The van der Waals surface area contributed by atoms with Crippen LogP contribution in [-0.4, -0.2) is 17.5 Å². The van der Waals surface area contributed by atoms with Crippen molar-refractivity contribution < 1.29 is 9.53 Å². The lowest BCUT2D eigenvalue weighted by atomic mass is 10.1. The lowest BCUT2D eigenvalue weighted by Gasteiger charge is -2.18. The van der Waals surface area contributed by atoms with Crippen LogP contribution in [0.15, 0.2) is 42.6 Å². The minimum atomic E-state index is -0.379. The highest BCUT2D eigenvalue weighted by Gasteiger charge is 2.47. The minimum absolute atomic E-state index is 0.0882. The van der Waals surface area contributed by atoms with E-state index in [4.69, 9.17) is 10.00 Å². The molecule has 1 aromatic heterocycles. The van der Waals surface area contributed by atoms with Crippen molar-refractivity contribution in [2.45, 2.75) is 25.3 Å². The second-order valence-corrected chi connectivity index (χ2v) is 5.70. The van der Waals surface area contributed by atoms with Crippen molar-refractivity contribution in [3.63, 3.8) is 0 Å². The Balaban J connectivity index is 1.83. The number of ether oxygens (including phenoxy) is 1. The van der Waals surface area contributed by atoms with Gasteiger partial charge in [0.25, 0.3) is 5.91 Å². The van der Waals surface area contributed by atoms with Crippen LogP contribution in [0.2, 0.25) is 0 Å². The molecule has 5 nitrogen and oxygen atoms in total. The van der Waals surface area contributed by atoms with Gasteiger partial charge in [0.2, 0.25) is 0 Å². The van der Waals surface area contributed by atoms with Crippen LogP contribution >= 0.6 is 0 Å². The number of nitriles is 1. The van der Waals surface area contributed by atoms with Gasteiger partial charge >= 0.3 is 0 Å². The second kappa shape index (κ2) is 6.09. The molecule has 3 rings (SSSR count). The van der Waals surface area contributed by atoms with Gasteiger partial charge in [-0.2, -0.15) is 5.26 Å². The molecule has 5 heteroatoms. The largest absolute Gasteiger partial charge is 0.478 e. The monoisotopic (exact) mass is 307 g/mol. The van der Waals surface area contributed by atoms with E-state index in [0.29, 0.717) is 11.3 Å². The highest BCUT2D eigenvalue weighted by Crippen LogP contribution is 2.44. The van der Waals surface area contributed by atoms with Crippen molar-refractivity contribution in [1.82, 2.24) is 10.3 Å². The van der Waals surface area contributed by atoms with Crippen LogP contribution in [-0.2, 0) is 5.54 Å². The van der Waals surface area contributed by atoms with Crippen molar-refractivity contribution in [1.29, 1.82) is 5.26 Å². The van der Waals surface area contributed by atoms with E-state index in [-0.39, 0.29) is 18.1 Å². The van der Waals surface area contributed by atoms with Crippen LogP contribution in [0.5, 0.6) is 5.75 Å². The summed E-state index contributed by atoms with van der Waals surface area (Å²) in [6.07, 6.45) is 3.47. The number of nitrogens with zero attached hydrogens (tertiary/aromatic N) is 2. The van der Waals surface area contributed by atoms with Crippen LogP contribution in [0, 0.1) is 18.3 Å². The molecular weight excluding hydrogens is 290 g/mol. The zero-order valence-corrected chi connectivity index (χ0v) is 12.9. The molecule has 1 heterocycles. The number of hydrogen-bond acceptors (Lipinski definition) is 4. The molecule has 0 radical (unpaired) electrons. The van der Waals surface area contributed by atoms with Crippen molar-refractivity contribution in [2.75, 3.05) is 6.61 Å². The van der Waals surface area contributed by atoms with Gasteiger partial charge in [-0.3, -0.25) is 9.78 Å². The molecule has 0 aliphatic heterocycles. The molecule has 1 aromatic carbocycles. The fourth-order valence-electron chi connectivity index (χ4n) is 2.55. The Hall–Kier alpha value is -2.87. The first-order chi connectivity index (χ1) is 11.1. The van der Waals surface area contributed by atoms with Crippen molar-refractivity contribution in [3.05, 3.63) is 59.4 Å². The van der Waals surface area contributed by atoms with E-state index in [0.717, 1.165) is 24.1 Å². The van der Waals surface area contributed by atoms with E-state index in [9.17, 15) is 4.79 Å². The molecule has 0 bridgehead atoms. The van der Waals surface area contributed by atoms with Gasteiger partial charge in [-0.25, -0.2) is 0 Å². The quantitative estimate of drug-likeness (QED) is 0.921. The Labute approximate surface area is 134 Å². The number of benzene rings is 1. The average Bonchev–Trinajstić information content (AvgIpc) is 3.34. The van der Waals surface area contributed by atoms with Gasteiger partial charge in [0, 0.05) is 6.20 Å². The Bertz CT molecular complexity index is 762. The third-order valence-corrected chi connectivity index (χ3v) is 3.93. The topological polar surface area (TPSA) is 75.0 Å². The first-order valence-corrected chi connectivity index (χ1v) is 7.49. The predicted molar refractivity (Wildman–Crippen MR) is 84.9 cm³/mol. The number of pyridine rings is 1. The number of nitrogens with one attached hydrogen (secondary N) is 1. The Morgan fingerprint density at radius 3 is 2.87 bits per heavy atom. The van der Waals surface area contributed by atoms with Crippen LogP contribution in [0.25, 0.3) is 0 Å². The number of hydrogen-bond donors (Lipinski definition) is 1. The number of carbonyl (C=O) groups excluding carboxylic acids is 1. The molecule has 1 fully saturated rings. The number of aryl methyl sites for hydroxylation is 1. The van der Waals surface area contributed by atoms with E-state index in [1.165, 1.54) is 0 Å². The molecule has 0 saturated heterocycles. The summed E-state index contributed by atoms with van der Waals surface area (Å²) in [5.74, 6) is 0.224. The first-order valence-electron chi connectivity index (χ1n) is 7.49. The third kappa shape index (κ3) is 3.16. The smallest absolute Gasteiger partial charge is 0.255 e. The van der Waals surface area contributed by atoms with Crippen LogP contribution in [0.3, 0.4) is 0 Å². The van der Waals surface area contributed by atoms with Crippen molar-refractivity contribution >= 4 is 5.91 Å². The summed E-state index contributed by atoms with van der Waals surface area (Å²) < 4.78 is 5.39. The highest BCUT2D eigenvalue weighted by molar-refractivity contribution is 5.97. The SMILES string of the molecule is Cc1ccc(C(=O)NC2(c3ccccn3)CC2)c(OCC#N)c1. The average molecular weight is 307 g/mol. The maximum atomic E-state index is 12.7. The van der Waals surface area contributed by atoms with Crippen LogP contribution in [0.1, 0.15) is 34.5 Å². The zero-order chi connectivity index (χ0) is 16.3. The molecule has 0 unspecified atom stereocenters. The minimum Gasteiger partial charge on any atom is -0.478 e. The number of carbonyl (C=O) groups is 1. The molecule has 0 atom stereocenters. The van der Waals surface area contributed by atoms with Gasteiger partial charge in [0.1, 0.15) is 11.8 Å². The van der Waals surface area contributed by atoms with E-state index >= 15 is 0 Å².